The lowest BCUT2D eigenvalue weighted by Gasteiger charge is -2.27. The van der Waals surface area contributed by atoms with Crippen molar-refractivity contribution in [3.63, 3.8) is 0 Å². The summed E-state index contributed by atoms with van der Waals surface area (Å²) in [5, 5.41) is 19.4. The third-order valence-corrected chi connectivity index (χ3v) is 6.79. The quantitative estimate of drug-likeness (QED) is 0.382. The zero-order valence-electron chi connectivity index (χ0n) is 19.9. The summed E-state index contributed by atoms with van der Waals surface area (Å²) in [5.74, 6) is -0.162. The lowest BCUT2D eigenvalue weighted by Crippen LogP contribution is -2.49. The number of anilines is 1. The molecule has 2 fully saturated rings. The molecule has 0 radical (unpaired) electrons. The van der Waals surface area contributed by atoms with E-state index in [4.69, 9.17) is 4.42 Å². The minimum atomic E-state index is -0.674. The Hall–Kier alpha value is -4.08. The summed E-state index contributed by atoms with van der Waals surface area (Å²) in [4.78, 5) is 40.1. The van der Waals surface area contributed by atoms with E-state index in [-0.39, 0.29) is 24.2 Å². The Kier molecular flexibility index (Phi) is 6.75. The molecule has 0 spiro atoms. The van der Waals surface area contributed by atoms with Crippen LogP contribution in [0.15, 0.2) is 58.9 Å². The van der Waals surface area contributed by atoms with Gasteiger partial charge in [0, 0.05) is 42.2 Å². The Labute approximate surface area is 208 Å². The molecule has 0 bridgehead atoms. The van der Waals surface area contributed by atoms with Crippen LogP contribution in [-0.4, -0.2) is 58.8 Å². The van der Waals surface area contributed by atoms with Gasteiger partial charge in [-0.1, -0.05) is 18.2 Å². The van der Waals surface area contributed by atoms with Crippen LogP contribution < -0.4 is 10.6 Å². The smallest absolute Gasteiger partial charge is 0.274 e. The van der Waals surface area contributed by atoms with Gasteiger partial charge in [-0.2, -0.15) is 0 Å². The Morgan fingerprint density at radius 2 is 1.81 bits per heavy atom. The molecular weight excluding hydrogens is 462 g/mol. The van der Waals surface area contributed by atoms with Crippen molar-refractivity contribution in [3.8, 4) is 0 Å². The number of nitro groups is 1. The number of furan rings is 1. The molecule has 3 heterocycles. The molecule has 36 heavy (non-hydrogen) atoms. The largest absolute Gasteiger partial charge is 0.456 e. The molecular formula is C26H29N5O5. The molecule has 1 aromatic heterocycles. The van der Waals surface area contributed by atoms with E-state index < -0.39 is 11.0 Å². The first-order valence-corrected chi connectivity index (χ1v) is 12.3. The SMILES string of the molecule is O=C(CN1CCCCC(N/C(=C\[N+](=O)[O-])Nc2ccc3c(c2)oc2ccccc23)C1=O)N1CCCC1. The van der Waals surface area contributed by atoms with Gasteiger partial charge in [0.15, 0.2) is 5.82 Å². The van der Waals surface area contributed by atoms with Crippen molar-refractivity contribution in [2.75, 3.05) is 31.5 Å². The predicted octanol–water partition coefficient (Wildman–Crippen LogP) is 3.67. The van der Waals surface area contributed by atoms with Crippen molar-refractivity contribution in [3.05, 3.63) is 64.6 Å². The van der Waals surface area contributed by atoms with Gasteiger partial charge in [-0.15, -0.1) is 0 Å². The third-order valence-electron chi connectivity index (χ3n) is 6.79. The van der Waals surface area contributed by atoms with Crippen molar-refractivity contribution < 1.29 is 18.9 Å². The topological polar surface area (TPSA) is 121 Å². The standard InChI is InChI=1S/C26H29N5O5/c32-25(29-12-5-6-13-29)17-30-14-4-3-8-21(26(30)33)28-24(16-31(34)35)27-18-10-11-20-19-7-1-2-9-22(19)36-23(20)15-18/h1-2,7,9-11,15-16,21,27-28H,3-6,8,12-14,17H2/b24-16-. The zero-order valence-corrected chi connectivity index (χ0v) is 19.9. The first-order valence-electron chi connectivity index (χ1n) is 12.3. The highest BCUT2D eigenvalue weighted by atomic mass is 16.6. The van der Waals surface area contributed by atoms with Crippen LogP contribution in [0, 0.1) is 10.1 Å². The van der Waals surface area contributed by atoms with E-state index in [0.29, 0.717) is 24.2 Å². The first-order chi connectivity index (χ1) is 17.5. The van der Waals surface area contributed by atoms with E-state index in [1.165, 1.54) is 0 Å². The monoisotopic (exact) mass is 491 g/mol. The van der Waals surface area contributed by atoms with Crippen molar-refractivity contribution in [2.45, 2.75) is 38.1 Å². The maximum absolute atomic E-state index is 13.3. The number of carbonyl (C=O) groups is 2. The molecule has 2 aliphatic rings. The summed E-state index contributed by atoms with van der Waals surface area (Å²) in [6.07, 6.45) is 4.87. The summed E-state index contributed by atoms with van der Waals surface area (Å²) in [6, 6.07) is 12.5. The van der Waals surface area contributed by atoms with E-state index in [1.54, 1.807) is 15.9 Å². The van der Waals surface area contributed by atoms with Crippen LogP contribution in [0.2, 0.25) is 0 Å². The number of para-hydroxylation sites is 1. The maximum Gasteiger partial charge on any atom is 0.274 e. The number of amides is 2. The summed E-state index contributed by atoms with van der Waals surface area (Å²) >= 11 is 0. The molecule has 5 rings (SSSR count). The van der Waals surface area contributed by atoms with Crippen molar-refractivity contribution in [1.82, 2.24) is 15.1 Å². The molecule has 2 aliphatic heterocycles. The normalized spacial score (nSPS) is 19.1. The van der Waals surface area contributed by atoms with Gasteiger partial charge in [0.2, 0.25) is 11.8 Å². The van der Waals surface area contributed by atoms with Gasteiger partial charge in [-0.3, -0.25) is 19.7 Å². The van der Waals surface area contributed by atoms with Gasteiger partial charge in [0.05, 0.1) is 11.5 Å². The second kappa shape index (κ2) is 10.3. The second-order valence-electron chi connectivity index (χ2n) is 9.30. The second-order valence-corrected chi connectivity index (χ2v) is 9.30. The number of carbonyl (C=O) groups excluding carboxylic acids is 2. The fourth-order valence-corrected chi connectivity index (χ4v) is 4.98. The van der Waals surface area contributed by atoms with Crippen molar-refractivity contribution in [1.29, 1.82) is 0 Å². The zero-order chi connectivity index (χ0) is 25.1. The van der Waals surface area contributed by atoms with Crippen LogP contribution in [0.5, 0.6) is 0 Å². The number of nitrogens with zero attached hydrogens (tertiary/aromatic N) is 3. The van der Waals surface area contributed by atoms with Gasteiger partial charge in [-0.05, 0) is 50.3 Å². The van der Waals surface area contributed by atoms with E-state index in [2.05, 4.69) is 10.6 Å². The Bertz CT molecular complexity index is 1330. The minimum Gasteiger partial charge on any atom is -0.456 e. The molecule has 3 aromatic rings. The molecule has 0 saturated carbocycles. The number of hydrogen-bond acceptors (Lipinski definition) is 7. The van der Waals surface area contributed by atoms with Crippen molar-refractivity contribution in [2.24, 2.45) is 0 Å². The van der Waals surface area contributed by atoms with Gasteiger partial charge in [-0.25, -0.2) is 0 Å². The van der Waals surface area contributed by atoms with Crippen LogP contribution in [-0.2, 0) is 9.59 Å². The molecule has 2 saturated heterocycles. The third kappa shape index (κ3) is 5.12. The number of hydrogen-bond donors (Lipinski definition) is 2. The number of likely N-dealkylation sites (tertiary alicyclic amines) is 2. The average molecular weight is 492 g/mol. The molecule has 188 valence electrons. The van der Waals surface area contributed by atoms with Crippen LogP contribution in [0.1, 0.15) is 32.1 Å². The average Bonchev–Trinajstić information content (AvgIpc) is 3.48. The number of fused-ring (bicyclic) bond motifs is 3. The van der Waals surface area contributed by atoms with Gasteiger partial charge in [0.1, 0.15) is 17.2 Å². The maximum atomic E-state index is 13.3. The number of benzene rings is 2. The molecule has 1 unspecified atom stereocenters. The lowest BCUT2D eigenvalue weighted by molar-refractivity contribution is -0.403. The first kappa shape index (κ1) is 23.7. The highest BCUT2D eigenvalue weighted by molar-refractivity contribution is 6.05. The van der Waals surface area contributed by atoms with Crippen LogP contribution >= 0.6 is 0 Å². The van der Waals surface area contributed by atoms with Crippen LogP contribution in [0.4, 0.5) is 5.69 Å². The van der Waals surface area contributed by atoms with E-state index in [1.807, 2.05) is 36.4 Å². The molecule has 10 heteroatoms. The lowest BCUT2D eigenvalue weighted by atomic mass is 10.1. The Morgan fingerprint density at radius 3 is 2.61 bits per heavy atom. The van der Waals surface area contributed by atoms with E-state index in [0.717, 1.165) is 61.3 Å². The minimum absolute atomic E-state index is 0.0418. The fraction of sp³-hybridized carbons (Fsp3) is 0.385. The van der Waals surface area contributed by atoms with Gasteiger partial charge >= 0.3 is 0 Å². The molecule has 2 aromatic carbocycles. The van der Waals surface area contributed by atoms with Crippen LogP contribution in [0.25, 0.3) is 21.9 Å². The summed E-state index contributed by atoms with van der Waals surface area (Å²) < 4.78 is 5.92. The van der Waals surface area contributed by atoms with Gasteiger partial charge in [0.25, 0.3) is 6.20 Å². The summed E-state index contributed by atoms with van der Waals surface area (Å²) in [5.41, 5.74) is 2.00. The Balaban J connectivity index is 1.32. The Morgan fingerprint density at radius 1 is 1.06 bits per heavy atom. The highest BCUT2D eigenvalue weighted by Crippen LogP contribution is 2.30. The molecule has 2 N–H and O–H groups in total. The van der Waals surface area contributed by atoms with E-state index >= 15 is 0 Å². The molecule has 1 atom stereocenters. The van der Waals surface area contributed by atoms with Crippen LogP contribution in [0.3, 0.4) is 0 Å². The predicted molar refractivity (Wildman–Crippen MR) is 136 cm³/mol. The molecule has 2 amide bonds. The molecule has 10 nitrogen and oxygen atoms in total. The van der Waals surface area contributed by atoms with Crippen molar-refractivity contribution >= 4 is 39.4 Å². The molecule has 0 aliphatic carbocycles. The number of rotatable bonds is 7. The summed E-state index contributed by atoms with van der Waals surface area (Å²) in [6.45, 7) is 2.01. The fourth-order valence-electron chi connectivity index (χ4n) is 4.98. The van der Waals surface area contributed by atoms with E-state index in [9.17, 15) is 19.7 Å². The summed E-state index contributed by atoms with van der Waals surface area (Å²) in [7, 11) is 0. The number of nitrogens with one attached hydrogen (secondary N) is 2. The van der Waals surface area contributed by atoms with Gasteiger partial charge < -0.3 is 24.9 Å². The highest BCUT2D eigenvalue weighted by Gasteiger charge is 2.31.